The second kappa shape index (κ2) is 41.9. The molecule has 0 aromatic heterocycles. The van der Waals surface area contributed by atoms with Gasteiger partial charge in [-0.2, -0.15) is 0 Å². The molecule has 0 aliphatic rings. The molecule has 0 saturated heterocycles. The van der Waals surface area contributed by atoms with E-state index >= 15 is 0 Å². The Morgan fingerprint density at radius 1 is 0.380 bits per heavy atom. The molecule has 0 spiro atoms. The first-order valence-corrected chi connectivity index (χ1v) is 25.3. The van der Waals surface area contributed by atoms with Crippen LogP contribution in [0.15, 0.2) is 182 Å². The van der Waals surface area contributed by atoms with Gasteiger partial charge in [0.05, 0.1) is 20.6 Å². The van der Waals surface area contributed by atoms with Crippen molar-refractivity contribution in [2.45, 2.75) is 123 Å². The van der Waals surface area contributed by atoms with Gasteiger partial charge in [-0.05, 0) is 73.2 Å². The molecule has 0 heterocycles. The number of rotatable bonds is 37. The van der Waals surface area contributed by atoms with Crippen LogP contribution in [0.2, 0.25) is 0 Å². The third-order valence-electron chi connectivity index (χ3n) is 10.5. The molecule has 0 radical (unpaired) electrons. The quantitative estimate of drug-likeness (QED) is 0.0165. The number of hydrogen-bond acceptors (Lipinski definition) is 8. The van der Waals surface area contributed by atoms with Gasteiger partial charge in [0.25, 0.3) is 0 Å². The second-order valence-corrected chi connectivity index (χ2v) is 16.5. The third kappa shape index (κ3) is 32.4. The zero-order valence-electron chi connectivity index (χ0n) is 42.8. The highest BCUT2D eigenvalue weighted by Crippen LogP contribution is 2.30. The Kier molecular flexibility index (Phi) is 35.4. The van der Waals surface area contributed by atoms with E-state index in [0.29, 0.717) is 22.6 Å². The fraction of sp³-hybridized carbons (Fsp3) is 0.333. The van der Waals surface area contributed by atoms with Crippen LogP contribution in [-0.2, 0) is 19.2 Å². The SMILES string of the molecule is CCCCCCCCC/C=C/C=C/C=C/C=C/C=C/C=C/C(=O)Oc1ccc(/C=C/C(=O)CC(=O)/C=C/c2ccc(OC(=O)/C=C/C=C/C=C/C=C/C=C/CCCCCCCCC)c(OC)c2)cc1OC. The Morgan fingerprint density at radius 2 is 0.704 bits per heavy atom. The molecular formula is C63H78O8. The van der Waals surface area contributed by atoms with Crippen molar-refractivity contribution in [3.05, 3.63) is 193 Å². The summed E-state index contributed by atoms with van der Waals surface area (Å²) in [6.45, 7) is 4.49. The van der Waals surface area contributed by atoms with Gasteiger partial charge in [-0.3, -0.25) is 9.59 Å². The van der Waals surface area contributed by atoms with E-state index in [0.717, 1.165) is 12.8 Å². The monoisotopic (exact) mass is 963 g/mol. The van der Waals surface area contributed by atoms with Gasteiger partial charge in [0, 0.05) is 12.2 Å². The third-order valence-corrected chi connectivity index (χ3v) is 10.5. The van der Waals surface area contributed by atoms with Gasteiger partial charge in [-0.15, -0.1) is 0 Å². The summed E-state index contributed by atoms with van der Waals surface area (Å²) >= 11 is 0. The van der Waals surface area contributed by atoms with Crippen LogP contribution >= 0.6 is 0 Å². The number of esters is 2. The predicted molar refractivity (Wildman–Crippen MR) is 296 cm³/mol. The Labute approximate surface area is 425 Å². The first-order valence-electron chi connectivity index (χ1n) is 25.3. The number of carbonyl (C=O) groups is 4. The Balaban J connectivity index is 1.74. The molecule has 8 heteroatoms. The van der Waals surface area contributed by atoms with Crippen molar-refractivity contribution in [3.63, 3.8) is 0 Å². The Morgan fingerprint density at radius 3 is 1.06 bits per heavy atom. The van der Waals surface area contributed by atoms with E-state index in [-0.39, 0.29) is 17.9 Å². The zero-order valence-corrected chi connectivity index (χ0v) is 42.8. The maximum absolute atomic E-state index is 12.6. The van der Waals surface area contributed by atoms with Crippen LogP contribution in [0.3, 0.4) is 0 Å². The van der Waals surface area contributed by atoms with E-state index < -0.39 is 23.5 Å². The lowest BCUT2D eigenvalue weighted by Crippen LogP contribution is -2.05. The van der Waals surface area contributed by atoms with E-state index in [2.05, 4.69) is 38.2 Å². The van der Waals surface area contributed by atoms with Crippen molar-refractivity contribution in [2.24, 2.45) is 0 Å². The fourth-order valence-corrected chi connectivity index (χ4v) is 6.65. The summed E-state index contributed by atoms with van der Waals surface area (Å²) in [6, 6.07) is 9.72. The summed E-state index contributed by atoms with van der Waals surface area (Å²) in [5, 5.41) is 0. The lowest BCUT2D eigenvalue weighted by molar-refractivity contribution is -0.130. The van der Waals surface area contributed by atoms with Crippen LogP contribution < -0.4 is 18.9 Å². The van der Waals surface area contributed by atoms with E-state index in [4.69, 9.17) is 18.9 Å². The van der Waals surface area contributed by atoms with Gasteiger partial charge in [0.2, 0.25) is 0 Å². The van der Waals surface area contributed by atoms with Crippen LogP contribution in [0, 0.1) is 0 Å². The largest absolute Gasteiger partial charge is 0.493 e. The molecule has 378 valence electrons. The van der Waals surface area contributed by atoms with Gasteiger partial charge in [-0.1, -0.05) is 237 Å². The molecule has 0 atom stereocenters. The minimum absolute atomic E-state index is 0.216. The number of unbranched alkanes of at least 4 members (excludes halogenated alkanes) is 14. The highest BCUT2D eigenvalue weighted by molar-refractivity contribution is 6.11. The fourth-order valence-electron chi connectivity index (χ4n) is 6.65. The Hall–Kier alpha value is -7.06. The molecule has 2 rings (SSSR count). The maximum Gasteiger partial charge on any atom is 0.336 e. The molecule has 71 heavy (non-hydrogen) atoms. The van der Waals surface area contributed by atoms with E-state index in [1.54, 1.807) is 78.9 Å². The number of hydrogen-bond donors (Lipinski definition) is 0. The molecular weight excluding hydrogens is 885 g/mol. The molecule has 0 saturated carbocycles. The van der Waals surface area contributed by atoms with Crippen molar-refractivity contribution >= 4 is 35.7 Å². The lowest BCUT2D eigenvalue weighted by atomic mass is 10.1. The van der Waals surface area contributed by atoms with Crippen molar-refractivity contribution in [2.75, 3.05) is 14.2 Å². The molecule has 0 aliphatic heterocycles. The lowest BCUT2D eigenvalue weighted by Gasteiger charge is -2.08. The first kappa shape index (κ1) is 60.1. The van der Waals surface area contributed by atoms with E-state index in [1.807, 2.05) is 66.8 Å². The standard InChI is InChI=1S/C63H78O8/c1-5-7-9-11-13-15-17-19-21-23-24-26-28-30-32-34-36-38-40-42-63(67)71-59-50-46-55(52-61(59)69-4)44-48-57(65)53-56(64)47-43-54-45-49-58(60(51-54)68-3)70-62(66)41-39-37-35-33-31-29-27-25-22-20-18-16-14-12-10-8-6-2/h21-52H,5-20,53H2,1-4H3/b23-21+,25-22+,26-24+,29-27+,30-28+,33-31+,34-32+,37-35+,38-36+,41-39+,42-40+,47-43+,48-44+. The van der Waals surface area contributed by atoms with Gasteiger partial charge in [0.15, 0.2) is 34.6 Å². The zero-order chi connectivity index (χ0) is 51.3. The van der Waals surface area contributed by atoms with Crippen molar-refractivity contribution < 1.29 is 38.1 Å². The van der Waals surface area contributed by atoms with E-state index in [9.17, 15) is 19.2 Å². The van der Waals surface area contributed by atoms with Crippen LogP contribution in [-0.4, -0.2) is 37.7 Å². The van der Waals surface area contributed by atoms with Crippen LogP contribution in [0.1, 0.15) is 134 Å². The van der Waals surface area contributed by atoms with Crippen molar-refractivity contribution in [1.29, 1.82) is 0 Å². The summed E-state index contributed by atoms with van der Waals surface area (Å²) in [5.41, 5.74) is 1.22. The normalized spacial score (nSPS) is 12.7. The Bertz CT molecular complexity index is 2270. The highest BCUT2D eigenvalue weighted by atomic mass is 16.6. The highest BCUT2D eigenvalue weighted by Gasteiger charge is 2.11. The van der Waals surface area contributed by atoms with Gasteiger partial charge in [-0.25, -0.2) is 9.59 Å². The number of ketones is 2. The average Bonchev–Trinajstić information content (AvgIpc) is 3.37. The average molecular weight is 963 g/mol. The molecule has 8 nitrogen and oxygen atoms in total. The van der Waals surface area contributed by atoms with Crippen LogP contribution in [0.5, 0.6) is 23.0 Å². The molecule has 0 amide bonds. The topological polar surface area (TPSA) is 105 Å². The molecule has 0 aliphatic carbocycles. The minimum atomic E-state index is -0.582. The predicted octanol–water partition coefficient (Wildman–Crippen LogP) is 16.2. The first-order chi connectivity index (χ1) is 34.8. The number of benzene rings is 2. The second-order valence-electron chi connectivity index (χ2n) is 16.5. The van der Waals surface area contributed by atoms with Gasteiger partial charge in [0.1, 0.15) is 0 Å². The minimum Gasteiger partial charge on any atom is -0.493 e. The molecule has 2 aromatic carbocycles. The summed E-state index contributed by atoms with van der Waals surface area (Å²) in [6.07, 6.45) is 66.9. The molecule has 0 N–H and O–H groups in total. The van der Waals surface area contributed by atoms with Gasteiger partial charge < -0.3 is 18.9 Å². The van der Waals surface area contributed by atoms with Gasteiger partial charge >= 0.3 is 11.9 Å². The summed E-state index contributed by atoms with van der Waals surface area (Å²) in [7, 11) is 2.90. The molecule has 0 bridgehead atoms. The van der Waals surface area contributed by atoms with Crippen LogP contribution in [0.4, 0.5) is 0 Å². The number of carbonyl (C=O) groups excluding carboxylic acids is 4. The summed E-state index contributed by atoms with van der Waals surface area (Å²) < 4.78 is 21.7. The van der Waals surface area contributed by atoms with Crippen molar-refractivity contribution in [3.8, 4) is 23.0 Å². The number of methoxy groups -OCH3 is 2. The van der Waals surface area contributed by atoms with Crippen molar-refractivity contribution in [1.82, 2.24) is 0 Å². The van der Waals surface area contributed by atoms with E-state index in [1.165, 1.54) is 128 Å². The van der Waals surface area contributed by atoms with Crippen LogP contribution in [0.25, 0.3) is 12.2 Å². The maximum atomic E-state index is 12.6. The smallest absolute Gasteiger partial charge is 0.336 e. The molecule has 0 unspecified atom stereocenters. The number of allylic oxidation sites excluding steroid dienone is 22. The molecule has 2 aromatic rings. The molecule has 0 fully saturated rings. The summed E-state index contributed by atoms with van der Waals surface area (Å²) in [5.74, 6) is -0.930. The summed E-state index contributed by atoms with van der Waals surface area (Å²) in [4.78, 5) is 50.2. The number of ether oxygens (including phenoxy) is 4.